The van der Waals surface area contributed by atoms with E-state index in [9.17, 15) is 17.6 Å². The molecule has 2 aromatic rings. The predicted molar refractivity (Wildman–Crippen MR) is 97.3 cm³/mol. The Hall–Kier alpha value is -2.24. The second-order valence-electron chi connectivity index (χ2n) is 6.17. The van der Waals surface area contributed by atoms with E-state index in [1.807, 2.05) is 6.92 Å². The predicted octanol–water partition coefficient (Wildman–Crippen LogP) is 6.10. The molecule has 0 saturated heterocycles. The zero-order valence-corrected chi connectivity index (χ0v) is 15.3. The Morgan fingerprint density at radius 2 is 1.48 bits per heavy atom. The molecule has 0 aliphatic rings. The number of hydrogen-bond acceptors (Lipinski definition) is 2. The van der Waals surface area contributed by atoms with Crippen LogP contribution in [-0.2, 0) is 6.42 Å². The van der Waals surface area contributed by atoms with Crippen molar-refractivity contribution in [2.45, 2.75) is 38.3 Å². The van der Waals surface area contributed by atoms with Gasteiger partial charge in [0.25, 0.3) is 0 Å². The molecule has 2 aromatic carbocycles. The molecule has 0 aromatic heterocycles. The average Bonchev–Trinajstić information content (AvgIpc) is 2.65. The standard InChI is InChI=1S/C21H24F4O2/c1-2-26-18-12-8-17(9-13-18)20(21(23,24)25)5-3-4-16-6-10-19(11-7-16)27-15-14-22/h6-13,20H,2-5,14-15H2,1H3. The van der Waals surface area contributed by atoms with Crippen LogP contribution in [0.5, 0.6) is 11.5 Å². The Kier molecular flexibility index (Phi) is 7.95. The molecule has 2 nitrogen and oxygen atoms in total. The van der Waals surface area contributed by atoms with Gasteiger partial charge in [-0.1, -0.05) is 24.3 Å². The summed E-state index contributed by atoms with van der Waals surface area (Å²) in [4.78, 5) is 0. The molecule has 0 bridgehead atoms. The van der Waals surface area contributed by atoms with E-state index in [-0.39, 0.29) is 18.6 Å². The quantitative estimate of drug-likeness (QED) is 0.461. The minimum Gasteiger partial charge on any atom is -0.494 e. The third kappa shape index (κ3) is 6.77. The van der Waals surface area contributed by atoms with Crippen molar-refractivity contribution in [2.75, 3.05) is 19.9 Å². The maximum Gasteiger partial charge on any atom is 0.395 e. The summed E-state index contributed by atoms with van der Waals surface area (Å²) in [5.41, 5.74) is 1.18. The molecule has 6 heteroatoms. The van der Waals surface area contributed by atoms with E-state index in [1.165, 1.54) is 12.1 Å². The van der Waals surface area contributed by atoms with Crippen molar-refractivity contribution in [3.63, 3.8) is 0 Å². The van der Waals surface area contributed by atoms with Crippen LogP contribution in [0.3, 0.4) is 0 Å². The molecule has 0 radical (unpaired) electrons. The minimum absolute atomic E-state index is 0.00526. The molecule has 0 aliphatic carbocycles. The minimum atomic E-state index is -4.29. The molecule has 0 aliphatic heterocycles. The Labute approximate surface area is 157 Å². The lowest BCUT2D eigenvalue weighted by molar-refractivity contribution is -0.152. The van der Waals surface area contributed by atoms with Gasteiger partial charge in [0.2, 0.25) is 0 Å². The molecule has 0 N–H and O–H groups in total. The highest BCUT2D eigenvalue weighted by molar-refractivity contribution is 5.30. The van der Waals surface area contributed by atoms with Gasteiger partial charge in [-0.15, -0.1) is 0 Å². The SMILES string of the molecule is CCOc1ccc(C(CCCc2ccc(OCCF)cc2)C(F)(F)F)cc1. The molecule has 27 heavy (non-hydrogen) atoms. The molecule has 0 saturated carbocycles. The van der Waals surface area contributed by atoms with E-state index in [0.717, 1.165) is 5.56 Å². The number of rotatable bonds is 10. The van der Waals surface area contributed by atoms with Crippen LogP contribution in [0, 0.1) is 0 Å². The lowest BCUT2D eigenvalue weighted by atomic mass is 9.92. The van der Waals surface area contributed by atoms with Crippen molar-refractivity contribution in [2.24, 2.45) is 0 Å². The molecule has 2 rings (SSSR count). The Bertz CT molecular complexity index is 666. The van der Waals surface area contributed by atoms with Crippen LogP contribution in [0.25, 0.3) is 0 Å². The van der Waals surface area contributed by atoms with Crippen LogP contribution in [-0.4, -0.2) is 26.1 Å². The maximum atomic E-state index is 13.5. The number of ether oxygens (including phenoxy) is 2. The van der Waals surface area contributed by atoms with Gasteiger partial charge in [-0.05, 0) is 61.6 Å². The van der Waals surface area contributed by atoms with Gasteiger partial charge in [-0.3, -0.25) is 0 Å². The largest absolute Gasteiger partial charge is 0.494 e. The van der Waals surface area contributed by atoms with Crippen molar-refractivity contribution in [3.8, 4) is 11.5 Å². The number of halogens is 4. The summed E-state index contributed by atoms with van der Waals surface area (Å²) in [6.45, 7) is 1.73. The average molecular weight is 384 g/mol. The molecule has 0 spiro atoms. The van der Waals surface area contributed by atoms with Gasteiger partial charge in [-0.25, -0.2) is 4.39 Å². The molecule has 0 heterocycles. The van der Waals surface area contributed by atoms with E-state index in [2.05, 4.69) is 0 Å². The summed E-state index contributed by atoms with van der Waals surface area (Å²) in [5, 5.41) is 0. The van der Waals surface area contributed by atoms with Crippen LogP contribution in [0.2, 0.25) is 0 Å². The van der Waals surface area contributed by atoms with Gasteiger partial charge in [0.1, 0.15) is 24.8 Å². The highest BCUT2D eigenvalue weighted by atomic mass is 19.4. The molecule has 148 valence electrons. The van der Waals surface area contributed by atoms with E-state index in [1.54, 1.807) is 36.4 Å². The molecular formula is C21H24F4O2. The van der Waals surface area contributed by atoms with Crippen LogP contribution in [0.1, 0.15) is 36.8 Å². The Morgan fingerprint density at radius 1 is 0.889 bits per heavy atom. The van der Waals surface area contributed by atoms with Crippen molar-refractivity contribution >= 4 is 0 Å². The number of benzene rings is 2. The van der Waals surface area contributed by atoms with Gasteiger partial charge in [-0.2, -0.15) is 13.2 Å². The second-order valence-corrected chi connectivity index (χ2v) is 6.17. The first kappa shape index (κ1) is 21.1. The van der Waals surface area contributed by atoms with Gasteiger partial charge < -0.3 is 9.47 Å². The highest BCUT2D eigenvalue weighted by Gasteiger charge is 2.40. The van der Waals surface area contributed by atoms with Crippen molar-refractivity contribution in [1.29, 1.82) is 0 Å². The first-order valence-electron chi connectivity index (χ1n) is 9.01. The van der Waals surface area contributed by atoms with Crippen molar-refractivity contribution in [3.05, 3.63) is 59.7 Å². The maximum absolute atomic E-state index is 13.5. The first-order chi connectivity index (χ1) is 12.9. The van der Waals surface area contributed by atoms with E-state index < -0.39 is 18.8 Å². The number of alkyl halides is 4. The fraction of sp³-hybridized carbons (Fsp3) is 0.429. The smallest absolute Gasteiger partial charge is 0.395 e. The fourth-order valence-electron chi connectivity index (χ4n) is 2.90. The Balaban J connectivity index is 1.94. The lowest BCUT2D eigenvalue weighted by Gasteiger charge is -2.21. The normalized spacial score (nSPS) is 12.6. The lowest BCUT2D eigenvalue weighted by Crippen LogP contribution is -2.21. The number of aryl methyl sites for hydroxylation is 1. The summed E-state index contributed by atoms with van der Waals surface area (Å²) >= 11 is 0. The van der Waals surface area contributed by atoms with E-state index in [0.29, 0.717) is 30.9 Å². The molecule has 1 unspecified atom stereocenters. The topological polar surface area (TPSA) is 18.5 Å². The van der Waals surface area contributed by atoms with Crippen LogP contribution >= 0.6 is 0 Å². The van der Waals surface area contributed by atoms with Crippen LogP contribution < -0.4 is 9.47 Å². The summed E-state index contributed by atoms with van der Waals surface area (Å²) in [7, 11) is 0. The fourth-order valence-corrected chi connectivity index (χ4v) is 2.90. The summed E-state index contributed by atoms with van der Waals surface area (Å²) in [5.74, 6) is -0.378. The van der Waals surface area contributed by atoms with E-state index >= 15 is 0 Å². The molecular weight excluding hydrogens is 360 g/mol. The van der Waals surface area contributed by atoms with Crippen molar-refractivity contribution in [1.82, 2.24) is 0 Å². The van der Waals surface area contributed by atoms with Crippen LogP contribution in [0.15, 0.2) is 48.5 Å². The summed E-state index contributed by atoms with van der Waals surface area (Å²) < 4.78 is 62.9. The Morgan fingerprint density at radius 3 is 2.04 bits per heavy atom. The molecule has 0 amide bonds. The highest BCUT2D eigenvalue weighted by Crippen LogP contribution is 2.39. The second kappa shape index (κ2) is 10.2. The zero-order chi connectivity index (χ0) is 19.7. The zero-order valence-electron chi connectivity index (χ0n) is 15.3. The summed E-state index contributed by atoms with van der Waals surface area (Å²) in [6, 6.07) is 13.1. The monoisotopic (exact) mass is 384 g/mol. The summed E-state index contributed by atoms with van der Waals surface area (Å²) in [6.07, 6.45) is -3.34. The van der Waals surface area contributed by atoms with Gasteiger partial charge in [0.05, 0.1) is 12.5 Å². The first-order valence-corrected chi connectivity index (χ1v) is 9.01. The van der Waals surface area contributed by atoms with Crippen LogP contribution in [0.4, 0.5) is 17.6 Å². The van der Waals surface area contributed by atoms with Crippen molar-refractivity contribution < 1.29 is 27.0 Å². The third-order valence-corrected chi connectivity index (χ3v) is 4.22. The van der Waals surface area contributed by atoms with Gasteiger partial charge in [0, 0.05) is 0 Å². The van der Waals surface area contributed by atoms with Gasteiger partial charge in [0.15, 0.2) is 0 Å². The molecule has 0 fully saturated rings. The number of hydrogen-bond donors (Lipinski definition) is 0. The van der Waals surface area contributed by atoms with Gasteiger partial charge >= 0.3 is 6.18 Å². The molecule has 1 atom stereocenters. The third-order valence-electron chi connectivity index (χ3n) is 4.22. The van der Waals surface area contributed by atoms with E-state index in [4.69, 9.17) is 9.47 Å².